The normalized spacial score (nSPS) is 18.0. The van der Waals surface area contributed by atoms with Crippen LogP contribution in [0.5, 0.6) is 0 Å². The summed E-state index contributed by atoms with van der Waals surface area (Å²) in [5.74, 6) is 1.65. The van der Waals surface area contributed by atoms with E-state index >= 15 is 0 Å². The van der Waals surface area contributed by atoms with E-state index in [1.165, 1.54) is 23.3 Å². The SMILES string of the molecule is ClCCc1nc2cccnc2n1C1CCCc2sccc21. The molecule has 0 saturated heterocycles. The maximum atomic E-state index is 5.98. The van der Waals surface area contributed by atoms with Crippen molar-refractivity contribution in [3.05, 3.63) is 46.0 Å². The highest BCUT2D eigenvalue weighted by molar-refractivity contribution is 7.10. The van der Waals surface area contributed by atoms with Crippen LogP contribution in [0, 0.1) is 0 Å². The Labute approximate surface area is 132 Å². The Hall–Kier alpha value is -1.39. The standard InChI is InChI=1S/C16H16ClN3S/c17-8-6-15-19-12-3-2-9-18-16(12)20(15)13-4-1-5-14-11(13)7-10-21-14/h2-3,7,9-10,13H,1,4-6,8H2. The third-order valence-corrected chi connectivity index (χ3v) is 5.36. The van der Waals surface area contributed by atoms with E-state index in [1.54, 1.807) is 0 Å². The highest BCUT2D eigenvalue weighted by Crippen LogP contribution is 2.38. The van der Waals surface area contributed by atoms with E-state index in [1.807, 2.05) is 29.7 Å². The van der Waals surface area contributed by atoms with Crippen molar-refractivity contribution in [1.82, 2.24) is 14.5 Å². The molecule has 0 saturated carbocycles. The van der Waals surface area contributed by atoms with Gasteiger partial charge in [0.15, 0.2) is 5.65 Å². The van der Waals surface area contributed by atoms with Gasteiger partial charge in [-0.05, 0) is 48.4 Å². The summed E-state index contributed by atoms with van der Waals surface area (Å²) in [4.78, 5) is 10.8. The first-order valence-electron chi connectivity index (χ1n) is 7.32. The van der Waals surface area contributed by atoms with Crippen molar-refractivity contribution in [3.8, 4) is 0 Å². The number of aryl methyl sites for hydroxylation is 2. The predicted molar refractivity (Wildman–Crippen MR) is 87.3 cm³/mol. The first-order chi connectivity index (χ1) is 10.4. The maximum absolute atomic E-state index is 5.98. The van der Waals surface area contributed by atoms with Crippen LogP contribution in [0.25, 0.3) is 11.2 Å². The Balaban J connectivity index is 1.92. The zero-order chi connectivity index (χ0) is 14.2. The average molecular weight is 318 g/mol. The Bertz CT molecular complexity index is 777. The third kappa shape index (κ3) is 2.17. The van der Waals surface area contributed by atoms with Crippen molar-refractivity contribution in [2.24, 2.45) is 0 Å². The van der Waals surface area contributed by atoms with Crippen molar-refractivity contribution >= 4 is 34.1 Å². The van der Waals surface area contributed by atoms with Gasteiger partial charge in [0.2, 0.25) is 0 Å². The van der Waals surface area contributed by atoms with Gasteiger partial charge < -0.3 is 4.57 Å². The van der Waals surface area contributed by atoms with E-state index < -0.39 is 0 Å². The minimum Gasteiger partial charge on any atom is -0.305 e. The number of nitrogens with zero attached hydrogens (tertiary/aromatic N) is 3. The van der Waals surface area contributed by atoms with Gasteiger partial charge in [-0.2, -0.15) is 0 Å². The zero-order valence-electron chi connectivity index (χ0n) is 11.6. The van der Waals surface area contributed by atoms with Gasteiger partial charge in [-0.3, -0.25) is 0 Å². The largest absolute Gasteiger partial charge is 0.305 e. The molecule has 4 rings (SSSR count). The molecule has 3 nitrogen and oxygen atoms in total. The Morgan fingerprint density at radius 3 is 3.24 bits per heavy atom. The van der Waals surface area contributed by atoms with Crippen LogP contribution in [0.4, 0.5) is 0 Å². The van der Waals surface area contributed by atoms with Crippen LogP contribution in [-0.4, -0.2) is 20.4 Å². The van der Waals surface area contributed by atoms with E-state index in [2.05, 4.69) is 21.0 Å². The lowest BCUT2D eigenvalue weighted by Gasteiger charge is -2.25. The smallest absolute Gasteiger partial charge is 0.160 e. The van der Waals surface area contributed by atoms with Crippen LogP contribution in [0.3, 0.4) is 0 Å². The minimum absolute atomic E-state index is 0.359. The molecule has 1 unspecified atom stereocenters. The fourth-order valence-electron chi connectivity index (χ4n) is 3.30. The number of aromatic nitrogens is 3. The highest BCUT2D eigenvalue weighted by Gasteiger charge is 2.26. The Kier molecular flexibility index (Phi) is 3.43. The van der Waals surface area contributed by atoms with Crippen LogP contribution >= 0.6 is 22.9 Å². The third-order valence-electron chi connectivity index (χ3n) is 4.17. The Morgan fingerprint density at radius 1 is 1.38 bits per heavy atom. The number of rotatable bonds is 3. The molecule has 0 bridgehead atoms. The summed E-state index contributed by atoms with van der Waals surface area (Å²) in [6.45, 7) is 0. The molecule has 3 aromatic rings. The number of pyridine rings is 1. The molecule has 0 N–H and O–H groups in total. The molecule has 21 heavy (non-hydrogen) atoms. The summed E-state index contributed by atoms with van der Waals surface area (Å²) in [5, 5.41) is 2.21. The number of hydrogen-bond acceptors (Lipinski definition) is 3. The second kappa shape index (κ2) is 5.43. The van der Waals surface area contributed by atoms with Gasteiger partial charge in [0.25, 0.3) is 0 Å². The lowest BCUT2D eigenvalue weighted by Crippen LogP contribution is -2.18. The quantitative estimate of drug-likeness (QED) is 0.678. The number of thiophene rings is 1. The summed E-state index contributed by atoms with van der Waals surface area (Å²) in [7, 11) is 0. The fraction of sp³-hybridized carbons (Fsp3) is 0.375. The molecule has 5 heteroatoms. The van der Waals surface area contributed by atoms with Crippen molar-refractivity contribution in [2.75, 3.05) is 5.88 Å². The lowest BCUT2D eigenvalue weighted by molar-refractivity contribution is 0.489. The van der Waals surface area contributed by atoms with Crippen molar-refractivity contribution < 1.29 is 0 Å². The van der Waals surface area contributed by atoms with Crippen LogP contribution in [0.2, 0.25) is 0 Å². The van der Waals surface area contributed by atoms with Gasteiger partial charge in [-0.25, -0.2) is 9.97 Å². The van der Waals surface area contributed by atoms with Gasteiger partial charge in [-0.1, -0.05) is 0 Å². The number of imidazole rings is 1. The number of fused-ring (bicyclic) bond motifs is 2. The van der Waals surface area contributed by atoms with Gasteiger partial charge in [0, 0.05) is 23.4 Å². The van der Waals surface area contributed by atoms with E-state index in [-0.39, 0.29) is 0 Å². The molecule has 1 aliphatic rings. The molecule has 0 fully saturated rings. The summed E-state index contributed by atoms with van der Waals surface area (Å²) in [5.41, 5.74) is 3.41. The van der Waals surface area contributed by atoms with Crippen molar-refractivity contribution in [2.45, 2.75) is 31.7 Å². The lowest BCUT2D eigenvalue weighted by atomic mass is 9.93. The van der Waals surface area contributed by atoms with Crippen LogP contribution in [-0.2, 0) is 12.8 Å². The summed E-state index contributed by atoms with van der Waals surface area (Å²) in [6.07, 6.45) is 6.22. The molecule has 0 amide bonds. The molecule has 0 radical (unpaired) electrons. The van der Waals surface area contributed by atoms with Crippen LogP contribution in [0.15, 0.2) is 29.8 Å². The summed E-state index contributed by atoms with van der Waals surface area (Å²) in [6, 6.07) is 6.61. The van der Waals surface area contributed by atoms with Crippen LogP contribution < -0.4 is 0 Å². The topological polar surface area (TPSA) is 30.7 Å². The minimum atomic E-state index is 0.359. The van der Waals surface area contributed by atoms with E-state index in [9.17, 15) is 0 Å². The Morgan fingerprint density at radius 2 is 2.33 bits per heavy atom. The molecule has 1 atom stereocenters. The van der Waals surface area contributed by atoms with Gasteiger partial charge in [0.1, 0.15) is 11.3 Å². The predicted octanol–water partition coefficient (Wildman–Crippen LogP) is 4.20. The summed E-state index contributed by atoms with van der Waals surface area (Å²) >= 11 is 7.85. The molecule has 3 heterocycles. The second-order valence-electron chi connectivity index (χ2n) is 5.39. The van der Waals surface area contributed by atoms with Crippen molar-refractivity contribution in [1.29, 1.82) is 0 Å². The number of alkyl halides is 1. The van der Waals surface area contributed by atoms with Crippen LogP contribution in [0.1, 0.15) is 35.1 Å². The number of halogens is 1. The number of hydrogen-bond donors (Lipinski definition) is 0. The van der Waals surface area contributed by atoms with E-state index in [0.717, 1.165) is 29.8 Å². The summed E-state index contributed by atoms with van der Waals surface area (Å²) < 4.78 is 2.32. The van der Waals surface area contributed by atoms with Gasteiger partial charge >= 0.3 is 0 Å². The molecular weight excluding hydrogens is 302 g/mol. The first kappa shape index (κ1) is 13.3. The molecule has 1 aliphatic carbocycles. The first-order valence-corrected chi connectivity index (χ1v) is 8.74. The molecule has 0 aromatic carbocycles. The fourth-order valence-corrected chi connectivity index (χ4v) is 4.45. The highest BCUT2D eigenvalue weighted by atomic mass is 35.5. The monoisotopic (exact) mass is 317 g/mol. The molecule has 0 spiro atoms. The van der Waals surface area contributed by atoms with Crippen molar-refractivity contribution in [3.63, 3.8) is 0 Å². The second-order valence-corrected chi connectivity index (χ2v) is 6.77. The zero-order valence-corrected chi connectivity index (χ0v) is 13.2. The molecular formula is C16H16ClN3S. The maximum Gasteiger partial charge on any atom is 0.160 e. The molecule has 108 valence electrons. The van der Waals surface area contributed by atoms with Gasteiger partial charge in [-0.15, -0.1) is 22.9 Å². The van der Waals surface area contributed by atoms with E-state index in [4.69, 9.17) is 16.6 Å². The van der Waals surface area contributed by atoms with E-state index in [0.29, 0.717) is 11.9 Å². The van der Waals surface area contributed by atoms with Gasteiger partial charge in [0.05, 0.1) is 6.04 Å². The average Bonchev–Trinajstić information content (AvgIpc) is 3.11. The molecule has 3 aromatic heterocycles. The molecule has 0 aliphatic heterocycles.